The van der Waals surface area contributed by atoms with Gasteiger partial charge in [0.1, 0.15) is 85.3 Å². The molecule has 0 bridgehead atoms. The molecule has 0 aromatic rings. The fourth-order valence-electron chi connectivity index (χ4n) is 6.89. The molecule has 35 nitrogen and oxygen atoms in total. The predicted molar refractivity (Wildman–Crippen MR) is 182 cm³/mol. The van der Waals surface area contributed by atoms with Crippen LogP contribution in [0.2, 0.25) is 0 Å². The quantitative estimate of drug-likeness (QED) is 0.0293. The summed E-state index contributed by atoms with van der Waals surface area (Å²) in [7, 11) is -23.5. The second-order valence-corrected chi connectivity index (χ2v) is 18.5. The van der Waals surface area contributed by atoms with Crippen molar-refractivity contribution < 1.29 is 331 Å². The fraction of sp³-hybridized carbons (Fsp3) is 0.926. The molecule has 0 amide bonds. The Bertz CT molecular complexity index is 2150. The smallest absolute Gasteiger partial charge is 0.735 e. The van der Waals surface area contributed by atoms with E-state index in [1.165, 1.54) is 16.4 Å². The average molecular weight is 1190 g/mol. The first-order chi connectivity index (χ1) is 30.3. The maximum absolute atomic E-state index is 12.4. The third-order valence-corrected chi connectivity index (χ3v) is 11.7. The summed E-state index contributed by atoms with van der Waals surface area (Å²) >= 11 is 0. The molecule has 45 heteroatoms. The van der Waals surface area contributed by atoms with Crippen molar-refractivity contribution in [2.24, 2.45) is 0 Å². The Morgan fingerprint density at radius 1 is 0.500 bits per heavy atom. The summed E-state index contributed by atoms with van der Waals surface area (Å²) in [5.41, 5.74) is 0. The van der Waals surface area contributed by atoms with Crippen LogP contribution in [0.3, 0.4) is 0 Å². The molecule has 9 N–H and O–H groups in total. The normalized spacial score (nSPS) is 37.3. The first-order valence-corrected chi connectivity index (χ1v) is 23.8. The van der Waals surface area contributed by atoms with Crippen LogP contribution >= 0.6 is 0 Å². The van der Waals surface area contributed by atoms with Crippen molar-refractivity contribution in [3.63, 3.8) is 0 Å². The summed E-state index contributed by atoms with van der Waals surface area (Å²) in [6.07, 6.45) is -46.5. The van der Waals surface area contributed by atoms with Crippen LogP contribution in [0, 0.1) is 0 Å². The number of rotatable bonds is 21. The Morgan fingerprint density at radius 3 is 1.22 bits per heavy atom. The minimum atomic E-state index is -6.14. The number of carbonyl (C=O) groups excluding carboxylic acids is 2. The molecule has 4 saturated heterocycles. The van der Waals surface area contributed by atoms with Crippen LogP contribution in [0.4, 0.5) is 0 Å². The maximum atomic E-state index is 12.4. The first-order valence-electron chi connectivity index (χ1n) is 18.3. The second kappa shape index (κ2) is 33.8. The van der Waals surface area contributed by atoms with Crippen molar-refractivity contribution in [1.29, 1.82) is 0 Å². The summed E-state index contributed by atoms with van der Waals surface area (Å²) in [5, 5.41) is 98.9. The molecule has 20 atom stereocenters. The number of carboxylic acids is 2. The van der Waals surface area contributed by atoms with E-state index in [4.69, 9.17) is 37.9 Å². The van der Waals surface area contributed by atoms with Gasteiger partial charge in [0.25, 0.3) is 0 Å². The van der Waals surface area contributed by atoms with Crippen LogP contribution in [0.25, 0.3) is 0 Å². The first kappa shape index (κ1) is 80.0. The molecular weight excluding hydrogens is 1150 g/mol. The Balaban J connectivity index is -0.00000793. The third-order valence-electron chi connectivity index (χ3n) is 9.62. The Labute approximate surface area is 542 Å². The number of carbonyl (C=O) groups is 2. The fourth-order valence-corrected chi connectivity index (χ4v) is 9.01. The number of hydrogen-bond acceptors (Lipinski definition) is 33. The van der Waals surface area contributed by atoms with Crippen molar-refractivity contribution in [2.45, 2.75) is 136 Å². The van der Waals surface area contributed by atoms with Crippen LogP contribution in [0.1, 0.15) is 13.3 Å². The molecule has 0 unspecified atom stereocenters. The molecule has 0 radical (unpaired) electrons. The topological polar surface area (TPSA) is 567 Å². The van der Waals surface area contributed by atoms with Crippen LogP contribution in [0.15, 0.2) is 0 Å². The summed E-state index contributed by atoms with van der Waals surface area (Å²) < 4.78 is 194. The van der Waals surface area contributed by atoms with Crippen LogP contribution in [-0.2, 0) is 97.3 Å². The molecule has 4 heterocycles. The van der Waals surface area contributed by atoms with Gasteiger partial charge in [0.05, 0.1) is 25.2 Å². The SMILES string of the molecule is CCCO[C@@H]1O[C@@H](C(=O)[O-])[C@@H](O[C@H]2O[C@H](CO)[C@@H](O[C@@H]3O[C@@H](C(=O)[O-])[C@@H](O[C@H]4O[C@H](CO)[C@@H](O)[C@H](O)[C@H]4NS(=O)(=O)[O-])[C@H](O)[C@H]3OS(=O)(=O)[O-])[C@H](O)[C@H]2NS(=O)(=O)[O-])[C@H](O)[C@H]1OS(=O)(=O)[O-].[Na+].[Na+].[Na+].[Na+].[Na+].[Na+]. The monoisotopic (exact) mass is 1190 g/mol. The van der Waals surface area contributed by atoms with Crippen molar-refractivity contribution in [1.82, 2.24) is 9.44 Å². The van der Waals surface area contributed by atoms with Crippen LogP contribution in [0.5, 0.6) is 0 Å². The molecule has 0 aliphatic carbocycles. The van der Waals surface area contributed by atoms with Gasteiger partial charge in [-0.15, -0.1) is 0 Å². The van der Waals surface area contributed by atoms with E-state index in [0.717, 1.165) is 0 Å². The Hall–Kier alpha value is 3.82. The van der Waals surface area contributed by atoms with Gasteiger partial charge in [-0.2, -0.15) is 0 Å². The molecule has 386 valence electrons. The number of carboxylic acid groups (broad SMARTS) is 2. The zero-order chi connectivity index (χ0) is 50.0. The largest absolute Gasteiger partial charge is 1.00 e. The van der Waals surface area contributed by atoms with E-state index in [1.807, 2.05) is 0 Å². The summed E-state index contributed by atoms with van der Waals surface area (Å²) in [4.78, 5) is 24.6. The number of aliphatic hydroxyl groups is 7. The zero-order valence-electron chi connectivity index (χ0n) is 38.8. The van der Waals surface area contributed by atoms with Gasteiger partial charge in [-0.25, -0.2) is 43.1 Å². The van der Waals surface area contributed by atoms with Crippen LogP contribution in [-0.4, -0.2) is 242 Å². The van der Waals surface area contributed by atoms with Gasteiger partial charge in [-0.05, 0) is 6.42 Å². The molecule has 0 spiro atoms. The molecular formula is C27H40N2Na6O33S4. The molecule has 4 aliphatic rings. The number of nitrogens with one attached hydrogen (secondary N) is 2. The van der Waals surface area contributed by atoms with Gasteiger partial charge in [0.15, 0.2) is 58.0 Å². The van der Waals surface area contributed by atoms with E-state index < -0.39 is 189 Å². The van der Waals surface area contributed by atoms with Gasteiger partial charge in [-0.1, -0.05) is 6.92 Å². The number of hydrogen-bond donors (Lipinski definition) is 9. The standard InChI is InChI=1S/C27H46N2O33S4.6Na/c1-2-3-53-26-18(61-65(47,48)49)13(35)16(20(59-26)22(37)38)58-25-9(29-64(44,45)46)12(34)15(7(5-31)55-25)56-27-19(62-66(50,51)52)14(36)17(21(60-27)23(39)40)57-24-8(28-63(41,42)43)11(33)10(32)6(4-30)54-24;;;;;;/h6-21,24-36H,2-5H2,1H3,(H,37,38)(H,39,40)(H,41,42,43)(H,44,45,46)(H,47,48,49)(H,50,51,52);;;;;;/q;6*+1/p-6/t6-,7-,8-,9-,10-,11-,12-,13+,14+,15-,16+,17+,18-,19-,20-,21-,24-,25-,26-,27-;;;;;;/m1....../s1. The number of aliphatic hydroxyl groups excluding tert-OH is 7. The van der Waals surface area contributed by atoms with E-state index in [-0.39, 0.29) is 190 Å². The molecule has 4 aliphatic heterocycles. The molecule has 72 heavy (non-hydrogen) atoms. The van der Waals surface area contributed by atoms with E-state index in [9.17, 15) is 107 Å². The van der Waals surface area contributed by atoms with E-state index in [0.29, 0.717) is 0 Å². The van der Waals surface area contributed by atoms with Crippen molar-refractivity contribution in [3.8, 4) is 0 Å². The second-order valence-electron chi connectivity index (χ2n) is 14.2. The minimum absolute atomic E-state index is 0. The molecule has 4 fully saturated rings. The molecule has 0 saturated carbocycles. The number of aliphatic carboxylic acids is 2. The van der Waals surface area contributed by atoms with Gasteiger partial charge >= 0.3 is 177 Å². The van der Waals surface area contributed by atoms with Crippen LogP contribution < -0.4 is 197 Å². The summed E-state index contributed by atoms with van der Waals surface area (Å²) in [5.74, 6) is -4.77. The van der Waals surface area contributed by atoms with Gasteiger partial charge in [0, 0.05) is 6.61 Å². The number of ether oxygens (including phenoxy) is 8. The van der Waals surface area contributed by atoms with E-state index in [1.54, 1.807) is 0 Å². The van der Waals surface area contributed by atoms with Crippen molar-refractivity contribution in [2.75, 3.05) is 19.8 Å². The summed E-state index contributed by atoms with van der Waals surface area (Å²) in [6.45, 7) is -1.54. The minimum Gasteiger partial charge on any atom is -0.735 e. The van der Waals surface area contributed by atoms with Gasteiger partial charge < -0.3 is 112 Å². The molecule has 0 aromatic carbocycles. The summed E-state index contributed by atoms with van der Waals surface area (Å²) in [6, 6.07) is -5.15. The Morgan fingerprint density at radius 2 is 0.861 bits per heavy atom. The molecule has 0 aromatic heterocycles. The maximum Gasteiger partial charge on any atom is 1.00 e. The Kier molecular flexibility index (Phi) is 37.6. The predicted octanol–water partition coefficient (Wildman–Crippen LogP) is -31.7. The van der Waals surface area contributed by atoms with Crippen molar-refractivity contribution in [3.05, 3.63) is 0 Å². The average Bonchev–Trinajstić information content (AvgIpc) is 3.17. The van der Waals surface area contributed by atoms with Gasteiger partial charge in [0.2, 0.25) is 20.8 Å². The van der Waals surface area contributed by atoms with E-state index in [2.05, 4.69) is 8.37 Å². The van der Waals surface area contributed by atoms with E-state index >= 15 is 0 Å². The molecule has 4 rings (SSSR count). The van der Waals surface area contributed by atoms with Crippen molar-refractivity contribution >= 4 is 53.3 Å². The zero-order valence-corrected chi connectivity index (χ0v) is 54.0. The third kappa shape index (κ3) is 22.5. The van der Waals surface area contributed by atoms with Gasteiger partial charge in [-0.3, -0.25) is 8.37 Å².